The van der Waals surface area contributed by atoms with Crippen molar-refractivity contribution >= 4 is 23.8 Å². The van der Waals surface area contributed by atoms with Gasteiger partial charge in [0.1, 0.15) is 17.7 Å². The van der Waals surface area contributed by atoms with Crippen molar-refractivity contribution in [2.75, 3.05) is 0 Å². The first kappa shape index (κ1) is 28.9. The van der Waals surface area contributed by atoms with Crippen LogP contribution in [-0.2, 0) is 25.7 Å². The van der Waals surface area contributed by atoms with E-state index < -0.39 is 47.9 Å². The Morgan fingerprint density at radius 1 is 1.05 bits per heavy atom. The van der Waals surface area contributed by atoms with E-state index in [0.717, 1.165) is 21.6 Å². The molecule has 0 fully saturated rings. The van der Waals surface area contributed by atoms with Gasteiger partial charge in [-0.25, -0.2) is 4.79 Å². The van der Waals surface area contributed by atoms with Crippen LogP contribution in [0.15, 0.2) is 48.5 Å². The molecule has 0 aromatic heterocycles. The zero-order valence-electron chi connectivity index (χ0n) is 21.8. The van der Waals surface area contributed by atoms with E-state index in [1.807, 2.05) is 50.2 Å². The molecular formula is C28H34N4O5. The van der Waals surface area contributed by atoms with Gasteiger partial charge in [-0.2, -0.15) is 0 Å². The third-order valence-electron chi connectivity index (χ3n) is 5.43. The number of ether oxygens (including phenoxy) is 1. The molecular weight excluding hydrogens is 472 g/mol. The van der Waals surface area contributed by atoms with Gasteiger partial charge in [0.25, 0.3) is 5.91 Å². The number of nitrogens with two attached hydrogens (primary N) is 1. The number of nitrogens with one attached hydrogen (secondary N) is 2. The molecule has 0 aliphatic rings. The van der Waals surface area contributed by atoms with Crippen LogP contribution in [0.3, 0.4) is 0 Å². The second-order valence-electron chi connectivity index (χ2n) is 9.66. The number of nitrogens with zero attached hydrogens (tertiary/aromatic N) is 1. The van der Waals surface area contributed by atoms with Gasteiger partial charge in [0, 0.05) is 12.6 Å². The lowest BCUT2D eigenvalue weighted by atomic mass is 9.98. The molecule has 9 nitrogen and oxygen atoms in total. The van der Waals surface area contributed by atoms with Crippen molar-refractivity contribution in [3.8, 4) is 12.5 Å². The number of terminal acetylenes is 1. The summed E-state index contributed by atoms with van der Waals surface area (Å²) in [5.41, 5.74) is 7.69. The predicted octanol–water partition coefficient (Wildman–Crippen LogP) is 2.85. The van der Waals surface area contributed by atoms with Crippen molar-refractivity contribution in [1.82, 2.24) is 15.5 Å². The van der Waals surface area contributed by atoms with Gasteiger partial charge in [0.05, 0.1) is 6.42 Å². The molecule has 0 spiro atoms. The number of primary amides is 1. The van der Waals surface area contributed by atoms with Crippen LogP contribution in [0, 0.1) is 26.3 Å². The third kappa shape index (κ3) is 8.69. The minimum atomic E-state index is -1.45. The number of benzene rings is 2. The highest BCUT2D eigenvalue weighted by Gasteiger charge is 2.36. The number of amides is 4. The van der Waals surface area contributed by atoms with Gasteiger partial charge in [-0.05, 0) is 56.9 Å². The van der Waals surface area contributed by atoms with E-state index in [-0.39, 0.29) is 6.54 Å². The van der Waals surface area contributed by atoms with Crippen molar-refractivity contribution in [1.29, 1.82) is 0 Å². The summed E-state index contributed by atoms with van der Waals surface area (Å²) in [6.45, 7) is 8.95. The molecule has 0 radical (unpaired) electrons. The Morgan fingerprint density at radius 3 is 2.24 bits per heavy atom. The van der Waals surface area contributed by atoms with Gasteiger partial charge in [-0.1, -0.05) is 55.0 Å². The van der Waals surface area contributed by atoms with Crippen LogP contribution in [0.1, 0.15) is 55.5 Å². The monoisotopic (exact) mass is 506 g/mol. The van der Waals surface area contributed by atoms with Gasteiger partial charge in [0.15, 0.2) is 0 Å². The number of alkyl carbamates (subject to hydrolysis) is 1. The lowest BCUT2D eigenvalue weighted by molar-refractivity contribution is -0.139. The fourth-order valence-corrected chi connectivity index (χ4v) is 3.52. The number of hydrogen-bond donors (Lipinski definition) is 3. The Labute approximate surface area is 217 Å². The largest absolute Gasteiger partial charge is 0.444 e. The predicted molar refractivity (Wildman–Crippen MR) is 140 cm³/mol. The Kier molecular flexibility index (Phi) is 9.83. The van der Waals surface area contributed by atoms with Crippen molar-refractivity contribution in [3.63, 3.8) is 0 Å². The maximum atomic E-state index is 13.6. The summed E-state index contributed by atoms with van der Waals surface area (Å²) >= 11 is 0. The number of rotatable bonds is 9. The molecule has 2 aromatic carbocycles. The molecule has 9 heteroatoms. The molecule has 0 heterocycles. The highest BCUT2D eigenvalue weighted by atomic mass is 16.6. The van der Waals surface area contributed by atoms with Crippen molar-refractivity contribution in [2.45, 2.75) is 65.3 Å². The van der Waals surface area contributed by atoms with Crippen LogP contribution in [-0.4, -0.2) is 40.4 Å². The fourth-order valence-electron chi connectivity index (χ4n) is 3.52. The second kappa shape index (κ2) is 12.6. The van der Waals surface area contributed by atoms with E-state index in [9.17, 15) is 19.2 Å². The SMILES string of the molecule is C#CN(C(=O)C(CC(N)=O)NC(=O)OC(C)(C)C)C(C(=O)NCc1ccccc1)c1ccc(C)c(C)c1. The number of carbonyl (C=O) groups is 4. The Balaban J connectivity index is 2.43. The van der Waals surface area contributed by atoms with Gasteiger partial charge >= 0.3 is 6.09 Å². The Bertz CT molecular complexity index is 1180. The van der Waals surface area contributed by atoms with Gasteiger partial charge in [-0.15, -0.1) is 0 Å². The minimum absolute atomic E-state index is 0.203. The highest BCUT2D eigenvalue weighted by Crippen LogP contribution is 2.25. The first-order valence-corrected chi connectivity index (χ1v) is 11.8. The van der Waals surface area contributed by atoms with E-state index in [4.69, 9.17) is 16.9 Å². The molecule has 0 aliphatic heterocycles. The summed E-state index contributed by atoms with van der Waals surface area (Å²) in [4.78, 5) is 52.1. The first-order valence-electron chi connectivity index (χ1n) is 11.8. The smallest absolute Gasteiger partial charge is 0.408 e. The van der Waals surface area contributed by atoms with E-state index in [0.29, 0.717) is 5.56 Å². The molecule has 2 aromatic rings. The zero-order chi connectivity index (χ0) is 27.8. The Hall–Kier alpha value is -4.32. The number of carbonyl (C=O) groups excluding carboxylic acids is 4. The first-order chi connectivity index (χ1) is 17.3. The molecule has 196 valence electrons. The summed E-state index contributed by atoms with van der Waals surface area (Å²) in [6.07, 6.45) is 4.27. The third-order valence-corrected chi connectivity index (χ3v) is 5.43. The summed E-state index contributed by atoms with van der Waals surface area (Å²) in [6, 6.07) is 14.1. The lowest BCUT2D eigenvalue weighted by Gasteiger charge is -2.30. The normalized spacial score (nSPS) is 12.4. The van der Waals surface area contributed by atoms with Crippen LogP contribution in [0.25, 0.3) is 0 Å². The Morgan fingerprint density at radius 2 is 1.70 bits per heavy atom. The molecule has 0 saturated heterocycles. The molecule has 2 rings (SSSR count). The molecule has 4 N–H and O–H groups in total. The van der Waals surface area contributed by atoms with Crippen LogP contribution >= 0.6 is 0 Å². The van der Waals surface area contributed by atoms with Gasteiger partial charge in [0.2, 0.25) is 11.8 Å². The van der Waals surface area contributed by atoms with Crippen LogP contribution in [0.5, 0.6) is 0 Å². The maximum Gasteiger partial charge on any atom is 0.408 e. The summed E-state index contributed by atoms with van der Waals surface area (Å²) in [5, 5.41) is 5.18. The zero-order valence-corrected chi connectivity index (χ0v) is 21.8. The van der Waals surface area contributed by atoms with Crippen LogP contribution < -0.4 is 16.4 Å². The van der Waals surface area contributed by atoms with Crippen molar-refractivity contribution in [2.24, 2.45) is 5.73 Å². The molecule has 2 unspecified atom stereocenters. The standard InChI is InChI=1S/C28H34N4O5/c1-7-32(26(35)22(16-23(29)33)31-27(36)37-28(4,5)6)24(21-14-13-18(2)19(3)15-21)25(34)30-17-20-11-9-8-10-12-20/h1,8-15,22,24H,16-17H2,2-6H3,(H2,29,33)(H,30,34)(H,31,36). The van der Waals surface area contributed by atoms with E-state index >= 15 is 0 Å². The average Bonchev–Trinajstić information content (AvgIpc) is 2.81. The fraction of sp³-hybridized carbons (Fsp3) is 0.357. The molecule has 0 bridgehead atoms. The highest BCUT2D eigenvalue weighted by molar-refractivity contribution is 5.95. The summed E-state index contributed by atoms with van der Waals surface area (Å²) in [5.74, 6) is -2.23. The number of hydrogen-bond acceptors (Lipinski definition) is 5. The van der Waals surface area contributed by atoms with Gasteiger partial charge < -0.3 is 21.1 Å². The van der Waals surface area contributed by atoms with Crippen LogP contribution in [0.4, 0.5) is 4.79 Å². The molecule has 2 atom stereocenters. The quantitative estimate of drug-likeness (QED) is 0.356. The van der Waals surface area contributed by atoms with Crippen LogP contribution in [0.2, 0.25) is 0 Å². The van der Waals surface area contributed by atoms with E-state index in [1.54, 1.807) is 32.9 Å². The summed E-state index contributed by atoms with van der Waals surface area (Å²) in [7, 11) is 0. The average molecular weight is 507 g/mol. The molecule has 0 saturated carbocycles. The van der Waals surface area contributed by atoms with E-state index in [2.05, 4.69) is 16.7 Å². The lowest BCUT2D eigenvalue weighted by Crippen LogP contribution is -2.52. The minimum Gasteiger partial charge on any atom is -0.444 e. The topological polar surface area (TPSA) is 131 Å². The van der Waals surface area contributed by atoms with E-state index in [1.165, 1.54) is 0 Å². The van der Waals surface area contributed by atoms with Gasteiger partial charge in [-0.3, -0.25) is 19.3 Å². The van der Waals surface area contributed by atoms with Crippen molar-refractivity contribution in [3.05, 3.63) is 70.8 Å². The summed E-state index contributed by atoms with van der Waals surface area (Å²) < 4.78 is 5.22. The molecule has 0 aliphatic carbocycles. The number of aryl methyl sites for hydroxylation is 2. The maximum absolute atomic E-state index is 13.6. The van der Waals surface area contributed by atoms with Crippen molar-refractivity contribution < 1.29 is 23.9 Å². The molecule has 37 heavy (non-hydrogen) atoms. The molecule has 4 amide bonds. The second-order valence-corrected chi connectivity index (χ2v) is 9.66.